The monoisotopic (exact) mass is 459 g/mol. The van der Waals surface area contributed by atoms with Gasteiger partial charge in [-0.15, -0.1) is 0 Å². The summed E-state index contributed by atoms with van der Waals surface area (Å²) in [7, 11) is 1.57. The average molecular weight is 460 g/mol. The van der Waals surface area contributed by atoms with Crippen molar-refractivity contribution in [1.82, 2.24) is 0 Å². The minimum atomic E-state index is -0.239. The van der Waals surface area contributed by atoms with Gasteiger partial charge in [0, 0.05) is 30.7 Å². The molecule has 3 aromatic rings. The van der Waals surface area contributed by atoms with Gasteiger partial charge in [0.25, 0.3) is 5.91 Å². The van der Waals surface area contributed by atoms with E-state index in [1.54, 1.807) is 19.4 Å². The number of nitrogens with one attached hydrogen (secondary N) is 1. The quantitative estimate of drug-likeness (QED) is 0.498. The van der Waals surface area contributed by atoms with Crippen LogP contribution in [0.1, 0.15) is 11.1 Å². The van der Waals surface area contributed by atoms with Crippen molar-refractivity contribution >= 4 is 29.2 Å². The number of carbonyl (C=O) groups excluding carboxylic acids is 1. The molecule has 7 heteroatoms. The van der Waals surface area contributed by atoms with Crippen LogP contribution in [0.4, 0.5) is 17.1 Å². The lowest BCUT2D eigenvalue weighted by Gasteiger charge is -2.28. The zero-order valence-electron chi connectivity index (χ0n) is 19.5. The van der Waals surface area contributed by atoms with Crippen molar-refractivity contribution in [2.45, 2.75) is 6.92 Å². The van der Waals surface area contributed by atoms with E-state index >= 15 is 0 Å². The van der Waals surface area contributed by atoms with Gasteiger partial charge in [0.2, 0.25) is 0 Å². The molecular formula is C27H29N3O4. The van der Waals surface area contributed by atoms with Gasteiger partial charge in [0.05, 0.1) is 26.0 Å². The molecule has 7 nitrogen and oxygen atoms in total. The number of hydrogen-bond acceptors (Lipinski definition) is 6. The SMILES string of the molecule is COc1cc(C=Nc2ccc(N3CCOCC3)cc2)ccc1OCC(=O)Nc1ccc(C)cc1. The molecule has 1 heterocycles. The van der Waals surface area contributed by atoms with Crippen molar-refractivity contribution < 1.29 is 19.0 Å². The van der Waals surface area contributed by atoms with Crippen molar-refractivity contribution in [1.29, 1.82) is 0 Å². The van der Waals surface area contributed by atoms with Gasteiger partial charge in [0.1, 0.15) is 0 Å². The molecule has 1 aliphatic heterocycles. The number of aliphatic imine (C=N–C) groups is 1. The Kier molecular flexibility index (Phi) is 7.78. The number of anilines is 2. The summed E-state index contributed by atoms with van der Waals surface area (Å²) < 4.78 is 16.5. The second-order valence-corrected chi connectivity index (χ2v) is 7.99. The number of rotatable bonds is 8. The number of carbonyl (C=O) groups is 1. The first kappa shape index (κ1) is 23.3. The van der Waals surface area contributed by atoms with Gasteiger partial charge in [0.15, 0.2) is 18.1 Å². The van der Waals surface area contributed by atoms with Crippen LogP contribution >= 0.6 is 0 Å². The number of aryl methyl sites for hydroxylation is 1. The number of benzene rings is 3. The van der Waals surface area contributed by atoms with Crippen LogP contribution in [0.2, 0.25) is 0 Å². The summed E-state index contributed by atoms with van der Waals surface area (Å²) in [4.78, 5) is 19.1. The third kappa shape index (κ3) is 6.36. The maximum atomic E-state index is 12.2. The summed E-state index contributed by atoms with van der Waals surface area (Å²) in [6, 6.07) is 21.3. The summed E-state index contributed by atoms with van der Waals surface area (Å²) in [6.45, 7) is 5.22. The molecule has 176 valence electrons. The largest absolute Gasteiger partial charge is 0.493 e. The van der Waals surface area contributed by atoms with Gasteiger partial charge in [-0.05, 0) is 67.1 Å². The fourth-order valence-electron chi connectivity index (χ4n) is 3.58. The molecule has 0 bridgehead atoms. The molecule has 1 aliphatic rings. The van der Waals surface area contributed by atoms with Gasteiger partial charge >= 0.3 is 0 Å². The van der Waals surface area contributed by atoms with E-state index in [2.05, 4.69) is 27.3 Å². The Balaban J connectivity index is 1.34. The first-order valence-corrected chi connectivity index (χ1v) is 11.2. The Hall–Kier alpha value is -3.84. The summed E-state index contributed by atoms with van der Waals surface area (Å²) >= 11 is 0. The number of nitrogens with zero attached hydrogens (tertiary/aromatic N) is 2. The van der Waals surface area contributed by atoms with Crippen molar-refractivity contribution in [2.75, 3.05) is 50.2 Å². The van der Waals surface area contributed by atoms with Crippen molar-refractivity contribution in [3.63, 3.8) is 0 Å². The highest BCUT2D eigenvalue weighted by Gasteiger charge is 2.11. The van der Waals surface area contributed by atoms with Gasteiger partial charge in [-0.3, -0.25) is 9.79 Å². The fraction of sp³-hybridized carbons (Fsp3) is 0.259. The minimum Gasteiger partial charge on any atom is -0.493 e. The number of methoxy groups -OCH3 is 1. The Morgan fingerprint density at radius 1 is 1.03 bits per heavy atom. The van der Waals surface area contributed by atoms with E-state index in [0.29, 0.717) is 11.5 Å². The van der Waals surface area contributed by atoms with Crippen molar-refractivity contribution in [2.24, 2.45) is 4.99 Å². The van der Waals surface area contributed by atoms with E-state index in [1.807, 2.05) is 55.5 Å². The van der Waals surface area contributed by atoms with E-state index in [0.717, 1.165) is 48.8 Å². The highest BCUT2D eigenvalue weighted by atomic mass is 16.5. The van der Waals surface area contributed by atoms with E-state index in [1.165, 1.54) is 5.69 Å². The van der Waals surface area contributed by atoms with Gasteiger partial charge in [-0.2, -0.15) is 0 Å². The number of hydrogen-bond donors (Lipinski definition) is 1. The molecule has 4 rings (SSSR count). The van der Waals surface area contributed by atoms with Crippen molar-refractivity contribution in [3.8, 4) is 11.5 Å². The van der Waals surface area contributed by atoms with Crippen LogP contribution in [0.3, 0.4) is 0 Å². The Bertz CT molecular complexity index is 1120. The molecule has 34 heavy (non-hydrogen) atoms. The standard InChI is InChI=1S/C27H29N3O4/c1-20-3-6-23(7-4-20)29-27(31)19-34-25-12-5-21(17-26(25)32-2)18-28-22-8-10-24(11-9-22)30-13-15-33-16-14-30/h3-12,17-18H,13-16,19H2,1-2H3,(H,29,31). The van der Waals surface area contributed by atoms with Gasteiger partial charge in [-0.25, -0.2) is 0 Å². The molecule has 0 aliphatic carbocycles. The number of morpholine rings is 1. The van der Waals surface area contributed by atoms with Crippen LogP contribution in [0.5, 0.6) is 11.5 Å². The van der Waals surface area contributed by atoms with Crippen LogP contribution in [0, 0.1) is 6.92 Å². The molecule has 0 unspecified atom stereocenters. The van der Waals surface area contributed by atoms with E-state index in [4.69, 9.17) is 14.2 Å². The topological polar surface area (TPSA) is 72.4 Å². The summed E-state index contributed by atoms with van der Waals surface area (Å²) in [5.41, 5.74) is 4.77. The smallest absolute Gasteiger partial charge is 0.262 e. The fourth-order valence-corrected chi connectivity index (χ4v) is 3.58. The molecule has 0 aromatic heterocycles. The highest BCUT2D eigenvalue weighted by Crippen LogP contribution is 2.28. The zero-order chi connectivity index (χ0) is 23.8. The van der Waals surface area contributed by atoms with Crippen LogP contribution in [0.15, 0.2) is 71.7 Å². The molecule has 3 aromatic carbocycles. The third-order valence-electron chi connectivity index (χ3n) is 5.47. The predicted octanol–water partition coefficient (Wildman–Crippen LogP) is 4.61. The number of ether oxygens (including phenoxy) is 3. The number of amides is 1. The van der Waals surface area contributed by atoms with Gasteiger partial charge < -0.3 is 24.4 Å². The normalized spacial score (nSPS) is 13.6. The first-order valence-electron chi connectivity index (χ1n) is 11.2. The minimum absolute atomic E-state index is 0.118. The molecule has 0 radical (unpaired) electrons. The second kappa shape index (κ2) is 11.3. The molecule has 1 saturated heterocycles. The lowest BCUT2D eigenvalue weighted by atomic mass is 10.2. The Morgan fingerprint density at radius 3 is 2.47 bits per heavy atom. The van der Waals surface area contributed by atoms with E-state index < -0.39 is 0 Å². The lowest BCUT2D eigenvalue weighted by molar-refractivity contribution is -0.118. The second-order valence-electron chi connectivity index (χ2n) is 7.99. The average Bonchev–Trinajstić information content (AvgIpc) is 2.88. The molecule has 0 spiro atoms. The van der Waals surface area contributed by atoms with E-state index in [-0.39, 0.29) is 12.5 Å². The highest BCUT2D eigenvalue weighted by molar-refractivity contribution is 5.92. The molecular weight excluding hydrogens is 430 g/mol. The zero-order valence-corrected chi connectivity index (χ0v) is 19.5. The third-order valence-corrected chi connectivity index (χ3v) is 5.47. The summed E-state index contributed by atoms with van der Waals surface area (Å²) in [5, 5.41) is 2.82. The van der Waals surface area contributed by atoms with Crippen LogP contribution in [0.25, 0.3) is 0 Å². The van der Waals surface area contributed by atoms with Gasteiger partial charge in [-0.1, -0.05) is 17.7 Å². The molecule has 0 saturated carbocycles. The lowest BCUT2D eigenvalue weighted by Crippen LogP contribution is -2.36. The van der Waals surface area contributed by atoms with Crippen LogP contribution in [-0.4, -0.2) is 52.1 Å². The van der Waals surface area contributed by atoms with Crippen LogP contribution in [-0.2, 0) is 9.53 Å². The Labute approximate surface area is 200 Å². The van der Waals surface area contributed by atoms with E-state index in [9.17, 15) is 4.79 Å². The van der Waals surface area contributed by atoms with Crippen molar-refractivity contribution in [3.05, 3.63) is 77.9 Å². The molecule has 1 amide bonds. The maximum Gasteiger partial charge on any atom is 0.262 e. The molecule has 1 N–H and O–H groups in total. The molecule has 1 fully saturated rings. The Morgan fingerprint density at radius 2 is 1.76 bits per heavy atom. The maximum absolute atomic E-state index is 12.2. The first-order chi connectivity index (χ1) is 16.6. The summed E-state index contributed by atoms with van der Waals surface area (Å²) in [6.07, 6.45) is 1.78. The van der Waals surface area contributed by atoms with Crippen LogP contribution < -0.4 is 19.7 Å². The predicted molar refractivity (Wildman–Crippen MR) is 135 cm³/mol. The molecule has 0 atom stereocenters. The summed E-state index contributed by atoms with van der Waals surface area (Å²) in [5.74, 6) is 0.792.